The van der Waals surface area contributed by atoms with Crippen LogP contribution in [-0.2, 0) is 0 Å². The molecule has 2 aromatic carbocycles. The first-order chi connectivity index (χ1) is 13.0. The van der Waals surface area contributed by atoms with Gasteiger partial charge in [0.2, 0.25) is 5.95 Å². The highest BCUT2D eigenvalue weighted by Gasteiger charge is 2.08. The number of hydrogen-bond acceptors (Lipinski definition) is 6. The van der Waals surface area contributed by atoms with Gasteiger partial charge in [-0.25, -0.2) is 9.78 Å². The molecule has 7 nitrogen and oxygen atoms in total. The number of hydrogen-bond donors (Lipinski definition) is 3. The monoisotopic (exact) mass is 445 g/mol. The van der Waals surface area contributed by atoms with Gasteiger partial charge in [-0.2, -0.15) is 4.98 Å². The van der Waals surface area contributed by atoms with E-state index in [1.54, 1.807) is 30.5 Å². The number of rotatable bonds is 4. The summed E-state index contributed by atoms with van der Waals surface area (Å²) in [6, 6.07) is 10.8. The first-order valence-electron chi connectivity index (χ1n) is 7.93. The molecule has 0 aliphatic carbocycles. The minimum absolute atomic E-state index is 0.426. The van der Waals surface area contributed by atoms with Crippen LogP contribution in [0, 0.1) is 6.92 Å². The second-order valence-electron chi connectivity index (χ2n) is 5.86. The fraction of sp³-hybridized carbons (Fsp3) is 0.0556. The smallest absolute Gasteiger partial charge is 0.408 e. The number of benzene rings is 2. The van der Waals surface area contributed by atoms with Crippen molar-refractivity contribution in [2.45, 2.75) is 6.92 Å². The molecule has 0 fully saturated rings. The van der Waals surface area contributed by atoms with Crippen molar-refractivity contribution in [3.63, 3.8) is 0 Å². The van der Waals surface area contributed by atoms with Gasteiger partial charge in [0.05, 0.1) is 5.52 Å². The van der Waals surface area contributed by atoms with Crippen molar-refractivity contribution in [3.8, 4) is 0 Å². The average Bonchev–Trinajstić information content (AvgIpc) is 2.96. The molecule has 0 spiro atoms. The van der Waals surface area contributed by atoms with E-state index in [1.807, 2.05) is 19.1 Å². The number of nitrogens with zero attached hydrogens (tertiary/aromatic N) is 2. The highest BCUT2D eigenvalue weighted by atomic mass is 79.9. The largest absolute Gasteiger partial charge is 0.417 e. The van der Waals surface area contributed by atoms with Crippen molar-refractivity contribution in [1.29, 1.82) is 0 Å². The van der Waals surface area contributed by atoms with E-state index in [4.69, 9.17) is 16.0 Å². The molecule has 0 unspecified atom stereocenters. The van der Waals surface area contributed by atoms with E-state index in [-0.39, 0.29) is 0 Å². The Hall–Kier alpha value is -2.84. The summed E-state index contributed by atoms with van der Waals surface area (Å²) in [5, 5.41) is 6.96. The molecule has 2 aromatic heterocycles. The van der Waals surface area contributed by atoms with Gasteiger partial charge in [0.15, 0.2) is 5.58 Å². The van der Waals surface area contributed by atoms with E-state index in [2.05, 4.69) is 41.5 Å². The molecule has 27 heavy (non-hydrogen) atoms. The first kappa shape index (κ1) is 17.6. The molecule has 4 rings (SSSR count). The zero-order valence-corrected chi connectivity index (χ0v) is 16.4. The number of halogens is 2. The summed E-state index contributed by atoms with van der Waals surface area (Å²) in [7, 11) is 0. The van der Waals surface area contributed by atoms with Crippen LogP contribution < -0.4 is 16.4 Å². The molecular weight excluding hydrogens is 434 g/mol. The van der Waals surface area contributed by atoms with Crippen molar-refractivity contribution in [1.82, 2.24) is 15.0 Å². The summed E-state index contributed by atoms with van der Waals surface area (Å²) < 4.78 is 5.86. The highest BCUT2D eigenvalue weighted by molar-refractivity contribution is 9.10. The Bertz CT molecular complexity index is 1180. The number of nitrogens with one attached hydrogen (secondary N) is 3. The van der Waals surface area contributed by atoms with E-state index < -0.39 is 5.76 Å². The number of anilines is 4. The number of H-pyrrole nitrogens is 1. The summed E-state index contributed by atoms with van der Waals surface area (Å²) in [5.41, 5.74) is 3.51. The first-order valence-corrected chi connectivity index (χ1v) is 9.10. The molecule has 9 heteroatoms. The summed E-state index contributed by atoms with van der Waals surface area (Å²) in [4.78, 5) is 22.7. The number of oxazole rings is 1. The van der Waals surface area contributed by atoms with Crippen molar-refractivity contribution >= 4 is 61.8 Å². The molecule has 0 bridgehead atoms. The van der Waals surface area contributed by atoms with E-state index in [9.17, 15) is 4.79 Å². The molecule has 0 saturated heterocycles. The Balaban J connectivity index is 1.62. The third-order valence-corrected chi connectivity index (χ3v) is 4.45. The van der Waals surface area contributed by atoms with E-state index in [1.165, 1.54) is 0 Å². The van der Waals surface area contributed by atoms with Crippen molar-refractivity contribution in [2.75, 3.05) is 10.6 Å². The lowest BCUT2D eigenvalue weighted by atomic mass is 10.2. The van der Waals surface area contributed by atoms with Crippen LogP contribution in [0.4, 0.5) is 23.1 Å². The molecule has 0 aliphatic rings. The summed E-state index contributed by atoms with van der Waals surface area (Å²) in [5.74, 6) is 0.577. The summed E-state index contributed by atoms with van der Waals surface area (Å²) in [6.45, 7) is 1.90. The van der Waals surface area contributed by atoms with E-state index in [0.29, 0.717) is 27.9 Å². The minimum Gasteiger partial charge on any atom is -0.408 e. The fourth-order valence-electron chi connectivity index (χ4n) is 2.55. The lowest BCUT2D eigenvalue weighted by Gasteiger charge is -2.11. The third kappa shape index (κ3) is 3.96. The molecule has 2 heterocycles. The topological polar surface area (TPSA) is 95.8 Å². The van der Waals surface area contributed by atoms with Crippen LogP contribution in [0.5, 0.6) is 0 Å². The summed E-state index contributed by atoms with van der Waals surface area (Å²) in [6.07, 6.45) is 1.72. The molecule has 0 radical (unpaired) electrons. The molecule has 3 N–H and O–H groups in total. The van der Waals surface area contributed by atoms with Gasteiger partial charge >= 0.3 is 5.76 Å². The SMILES string of the molecule is Cc1cnc(Nc2cc(Cl)cc(Br)c2)nc1Nc1ccc2oc(=O)[nH]c2c1. The van der Waals surface area contributed by atoms with Crippen LogP contribution in [0.15, 0.2) is 56.3 Å². The Labute approximate surface area is 166 Å². The van der Waals surface area contributed by atoms with Gasteiger partial charge in [-0.05, 0) is 43.3 Å². The second kappa shape index (κ2) is 7.05. The summed E-state index contributed by atoms with van der Waals surface area (Å²) >= 11 is 9.48. The van der Waals surface area contributed by atoms with Crippen molar-refractivity contribution < 1.29 is 4.42 Å². The maximum absolute atomic E-state index is 11.3. The fourth-order valence-corrected chi connectivity index (χ4v) is 3.41. The lowest BCUT2D eigenvalue weighted by Crippen LogP contribution is -2.03. The second-order valence-corrected chi connectivity index (χ2v) is 7.21. The number of aromatic amines is 1. The molecule has 4 aromatic rings. The maximum Gasteiger partial charge on any atom is 0.417 e. The molecule has 136 valence electrons. The van der Waals surface area contributed by atoms with Gasteiger partial charge in [-0.15, -0.1) is 0 Å². The van der Waals surface area contributed by atoms with Gasteiger partial charge in [0, 0.05) is 32.6 Å². The van der Waals surface area contributed by atoms with Crippen LogP contribution in [0.1, 0.15) is 5.56 Å². The number of aryl methyl sites for hydroxylation is 1. The quantitative estimate of drug-likeness (QED) is 0.402. The third-order valence-electron chi connectivity index (χ3n) is 3.77. The van der Waals surface area contributed by atoms with Crippen LogP contribution in [0.25, 0.3) is 11.1 Å². The lowest BCUT2D eigenvalue weighted by molar-refractivity contribution is 0.555. The van der Waals surface area contributed by atoms with Crippen molar-refractivity contribution in [2.24, 2.45) is 0 Å². The Morgan fingerprint density at radius 1 is 1.15 bits per heavy atom. The predicted molar refractivity (Wildman–Crippen MR) is 109 cm³/mol. The zero-order chi connectivity index (χ0) is 19.0. The van der Waals surface area contributed by atoms with E-state index in [0.717, 1.165) is 21.4 Å². The van der Waals surface area contributed by atoms with Gasteiger partial charge in [-0.1, -0.05) is 27.5 Å². The Morgan fingerprint density at radius 2 is 2.00 bits per heavy atom. The molecule has 0 aliphatic heterocycles. The Kier molecular flexibility index (Phi) is 4.59. The number of fused-ring (bicyclic) bond motifs is 1. The molecule has 0 saturated carbocycles. The van der Waals surface area contributed by atoms with Gasteiger partial charge in [-0.3, -0.25) is 4.98 Å². The zero-order valence-electron chi connectivity index (χ0n) is 14.0. The predicted octanol–water partition coefficient (Wildman–Crippen LogP) is 5.12. The van der Waals surface area contributed by atoms with Gasteiger partial charge < -0.3 is 15.1 Å². The van der Waals surface area contributed by atoms with Crippen LogP contribution in [0.2, 0.25) is 5.02 Å². The minimum atomic E-state index is -0.487. The van der Waals surface area contributed by atoms with Crippen LogP contribution in [-0.4, -0.2) is 15.0 Å². The normalized spacial score (nSPS) is 10.9. The van der Waals surface area contributed by atoms with Gasteiger partial charge in [0.1, 0.15) is 5.82 Å². The Morgan fingerprint density at radius 3 is 2.81 bits per heavy atom. The molecular formula is C18H13BrClN5O2. The maximum atomic E-state index is 11.3. The number of aromatic nitrogens is 3. The highest BCUT2D eigenvalue weighted by Crippen LogP contribution is 2.26. The molecule has 0 atom stereocenters. The average molecular weight is 447 g/mol. The van der Waals surface area contributed by atoms with Crippen molar-refractivity contribution in [3.05, 3.63) is 68.2 Å². The standard InChI is InChI=1S/C18H13BrClN5O2/c1-9-8-21-17(23-13-5-10(19)4-11(20)6-13)25-16(9)22-12-2-3-15-14(7-12)24-18(26)27-15/h2-8H,1H3,(H,24,26)(H2,21,22,23,25). The van der Waals surface area contributed by atoms with Crippen LogP contribution >= 0.6 is 27.5 Å². The molecule has 0 amide bonds. The van der Waals surface area contributed by atoms with Gasteiger partial charge in [0.25, 0.3) is 0 Å². The van der Waals surface area contributed by atoms with Crippen LogP contribution in [0.3, 0.4) is 0 Å². The van der Waals surface area contributed by atoms with E-state index >= 15 is 0 Å².